The number of hydrogen-bond acceptors (Lipinski definition) is 2. The third-order valence-corrected chi connectivity index (χ3v) is 6.50. The van der Waals surface area contributed by atoms with Crippen molar-refractivity contribution in [2.75, 3.05) is 26.2 Å². The van der Waals surface area contributed by atoms with Gasteiger partial charge in [-0.3, -0.25) is 4.90 Å². The van der Waals surface area contributed by atoms with Crippen LogP contribution in [0.1, 0.15) is 37.3 Å². The topological polar surface area (TPSA) is 15.3 Å². The van der Waals surface area contributed by atoms with Crippen molar-refractivity contribution >= 4 is 21.5 Å². The summed E-state index contributed by atoms with van der Waals surface area (Å²) in [5.41, 5.74) is 1.59. The first kappa shape index (κ1) is 16.3. The van der Waals surface area contributed by atoms with Gasteiger partial charge in [-0.25, -0.2) is 0 Å². The van der Waals surface area contributed by atoms with Crippen LogP contribution in [-0.2, 0) is 0 Å². The number of rotatable bonds is 3. The molecule has 1 atom stereocenters. The van der Waals surface area contributed by atoms with Crippen molar-refractivity contribution in [3.63, 3.8) is 0 Å². The second-order valence-electron chi connectivity index (χ2n) is 8.01. The van der Waals surface area contributed by atoms with Crippen molar-refractivity contribution in [3.05, 3.63) is 60.2 Å². The second kappa shape index (κ2) is 7.02. The van der Waals surface area contributed by atoms with Gasteiger partial charge < -0.3 is 5.32 Å². The zero-order chi connectivity index (χ0) is 17.3. The summed E-state index contributed by atoms with van der Waals surface area (Å²) in [5, 5.41) is 9.24. The molecule has 134 valence electrons. The molecule has 2 aliphatic rings. The summed E-state index contributed by atoms with van der Waals surface area (Å²) in [7, 11) is 0. The van der Waals surface area contributed by atoms with Gasteiger partial charge in [0.25, 0.3) is 0 Å². The van der Waals surface area contributed by atoms with Gasteiger partial charge >= 0.3 is 0 Å². The van der Waals surface area contributed by atoms with Crippen molar-refractivity contribution in [3.8, 4) is 0 Å². The van der Waals surface area contributed by atoms with Crippen LogP contribution in [0.3, 0.4) is 0 Å². The summed E-state index contributed by atoms with van der Waals surface area (Å²) in [5.74, 6) is 0.794. The fourth-order valence-electron chi connectivity index (χ4n) is 5.32. The molecule has 1 aliphatic carbocycles. The molecule has 5 rings (SSSR count). The molecule has 1 heterocycles. The average Bonchev–Trinajstić information content (AvgIpc) is 3.23. The van der Waals surface area contributed by atoms with Crippen molar-refractivity contribution in [1.29, 1.82) is 0 Å². The quantitative estimate of drug-likeness (QED) is 0.663. The first-order valence-electron chi connectivity index (χ1n) is 10.3. The van der Waals surface area contributed by atoms with E-state index in [0.29, 0.717) is 6.04 Å². The Morgan fingerprint density at radius 2 is 1.38 bits per heavy atom. The van der Waals surface area contributed by atoms with E-state index >= 15 is 0 Å². The van der Waals surface area contributed by atoms with Crippen LogP contribution >= 0.6 is 0 Å². The summed E-state index contributed by atoms with van der Waals surface area (Å²) in [6.07, 6.45) is 5.56. The number of piperazine rings is 1. The van der Waals surface area contributed by atoms with Crippen LogP contribution in [-0.4, -0.2) is 31.1 Å². The second-order valence-corrected chi connectivity index (χ2v) is 8.01. The molecule has 3 aromatic rings. The molecule has 26 heavy (non-hydrogen) atoms. The molecular weight excluding hydrogens is 316 g/mol. The minimum atomic E-state index is 0.551. The lowest BCUT2D eigenvalue weighted by Crippen LogP contribution is -2.46. The van der Waals surface area contributed by atoms with E-state index in [9.17, 15) is 0 Å². The molecule has 1 aliphatic heterocycles. The molecule has 0 bridgehead atoms. The molecule has 0 spiro atoms. The Labute approximate surface area is 156 Å². The monoisotopic (exact) mass is 344 g/mol. The third-order valence-electron chi connectivity index (χ3n) is 6.50. The largest absolute Gasteiger partial charge is 0.314 e. The Balaban J connectivity index is 1.76. The fraction of sp³-hybridized carbons (Fsp3) is 0.417. The molecule has 3 aromatic carbocycles. The highest BCUT2D eigenvalue weighted by molar-refractivity contribution is 6.02. The first-order valence-corrected chi connectivity index (χ1v) is 10.3. The molecule has 0 aromatic heterocycles. The van der Waals surface area contributed by atoms with Crippen LogP contribution in [0, 0.1) is 5.92 Å². The maximum Gasteiger partial charge on any atom is 0.0389 e. The van der Waals surface area contributed by atoms with Gasteiger partial charge in [0.2, 0.25) is 0 Å². The normalized spacial score (nSPS) is 20.8. The molecular formula is C24H28N2. The van der Waals surface area contributed by atoms with E-state index in [4.69, 9.17) is 0 Å². The van der Waals surface area contributed by atoms with Gasteiger partial charge in [0.1, 0.15) is 0 Å². The molecule has 0 unspecified atom stereocenters. The van der Waals surface area contributed by atoms with Gasteiger partial charge in [0.05, 0.1) is 0 Å². The summed E-state index contributed by atoms with van der Waals surface area (Å²) in [6.45, 7) is 4.56. The van der Waals surface area contributed by atoms with Gasteiger partial charge in [-0.2, -0.15) is 0 Å². The van der Waals surface area contributed by atoms with E-state index in [1.54, 1.807) is 5.56 Å². The SMILES string of the molecule is c1ccc2c([C@@H](C3CCCC3)N3CCNCC3)c3ccccc3cc2c1. The lowest BCUT2D eigenvalue weighted by atomic mass is 9.84. The van der Waals surface area contributed by atoms with E-state index in [1.165, 1.54) is 60.3 Å². The number of nitrogens with one attached hydrogen (secondary N) is 1. The third kappa shape index (κ3) is 2.82. The molecule has 0 amide bonds. The number of benzene rings is 3. The molecule has 1 N–H and O–H groups in total. The molecule has 1 saturated heterocycles. The first-order chi connectivity index (χ1) is 12.9. The summed E-state index contributed by atoms with van der Waals surface area (Å²) in [4.78, 5) is 2.78. The predicted molar refractivity (Wildman–Crippen MR) is 111 cm³/mol. The van der Waals surface area contributed by atoms with Gasteiger partial charge in [-0.1, -0.05) is 61.4 Å². The van der Waals surface area contributed by atoms with Crippen LogP contribution in [0.5, 0.6) is 0 Å². The van der Waals surface area contributed by atoms with Gasteiger partial charge in [-0.15, -0.1) is 0 Å². The molecule has 2 nitrogen and oxygen atoms in total. The Kier molecular flexibility index (Phi) is 4.40. The zero-order valence-electron chi connectivity index (χ0n) is 15.5. The number of hydrogen-bond donors (Lipinski definition) is 1. The highest BCUT2D eigenvalue weighted by atomic mass is 15.2. The van der Waals surface area contributed by atoms with Crippen molar-refractivity contribution in [2.24, 2.45) is 5.92 Å². The van der Waals surface area contributed by atoms with Crippen LogP contribution in [0.2, 0.25) is 0 Å². The molecule has 2 heteroatoms. The van der Waals surface area contributed by atoms with E-state index in [1.807, 2.05) is 0 Å². The minimum absolute atomic E-state index is 0.551. The Morgan fingerprint density at radius 1 is 0.808 bits per heavy atom. The number of nitrogens with zero attached hydrogens (tertiary/aromatic N) is 1. The van der Waals surface area contributed by atoms with Gasteiger partial charge in [-0.05, 0) is 51.9 Å². The lowest BCUT2D eigenvalue weighted by molar-refractivity contribution is 0.127. The zero-order valence-corrected chi connectivity index (χ0v) is 15.5. The highest BCUT2D eigenvalue weighted by Gasteiger charge is 2.33. The Hall–Kier alpha value is -1.90. The standard InChI is InChI=1S/C24H28N2/c1-2-8-18(7-1)24(26-15-13-25-14-16-26)23-21-11-5-3-9-19(21)17-20-10-4-6-12-22(20)23/h3-6,9-12,17-18,24-25H,1-2,7-8,13-16H2/t24-/m1/s1. The smallest absolute Gasteiger partial charge is 0.0389 e. The summed E-state index contributed by atoms with van der Waals surface area (Å²) < 4.78 is 0. The average molecular weight is 345 g/mol. The van der Waals surface area contributed by atoms with E-state index in [2.05, 4.69) is 64.8 Å². The highest BCUT2D eigenvalue weighted by Crippen LogP contribution is 2.44. The Morgan fingerprint density at radius 3 is 2.00 bits per heavy atom. The van der Waals surface area contributed by atoms with Crippen LogP contribution in [0.15, 0.2) is 54.6 Å². The van der Waals surface area contributed by atoms with E-state index in [-0.39, 0.29) is 0 Å². The molecule has 1 saturated carbocycles. The van der Waals surface area contributed by atoms with E-state index < -0.39 is 0 Å². The van der Waals surface area contributed by atoms with Crippen LogP contribution < -0.4 is 5.32 Å². The van der Waals surface area contributed by atoms with Crippen molar-refractivity contribution in [2.45, 2.75) is 31.7 Å². The van der Waals surface area contributed by atoms with Crippen LogP contribution in [0.25, 0.3) is 21.5 Å². The molecule has 0 radical (unpaired) electrons. The lowest BCUT2D eigenvalue weighted by Gasteiger charge is -2.39. The Bertz CT molecular complexity index is 850. The van der Waals surface area contributed by atoms with E-state index in [0.717, 1.165) is 19.0 Å². The predicted octanol–water partition coefficient (Wildman–Crippen LogP) is 5.13. The maximum atomic E-state index is 3.54. The molecule has 2 fully saturated rings. The summed E-state index contributed by atoms with van der Waals surface area (Å²) >= 11 is 0. The fourth-order valence-corrected chi connectivity index (χ4v) is 5.32. The van der Waals surface area contributed by atoms with Gasteiger partial charge in [0.15, 0.2) is 0 Å². The van der Waals surface area contributed by atoms with Crippen molar-refractivity contribution < 1.29 is 0 Å². The minimum Gasteiger partial charge on any atom is -0.314 e. The van der Waals surface area contributed by atoms with Gasteiger partial charge in [0, 0.05) is 32.2 Å². The maximum absolute atomic E-state index is 3.54. The number of fused-ring (bicyclic) bond motifs is 2. The summed E-state index contributed by atoms with van der Waals surface area (Å²) in [6, 6.07) is 21.0. The van der Waals surface area contributed by atoms with Crippen molar-refractivity contribution in [1.82, 2.24) is 10.2 Å². The van der Waals surface area contributed by atoms with Crippen LogP contribution in [0.4, 0.5) is 0 Å².